The second-order valence-electron chi connectivity index (χ2n) is 4.91. The maximum Gasteiger partial charge on any atom is 0.291 e. The molecule has 6 nitrogen and oxygen atoms in total. The van der Waals surface area contributed by atoms with E-state index in [1.165, 1.54) is 6.26 Å². The molecule has 0 aliphatic rings. The number of carbonyl (C=O) groups excluding carboxylic acids is 1. The summed E-state index contributed by atoms with van der Waals surface area (Å²) in [4.78, 5) is 12.3. The normalized spacial score (nSPS) is 10.9. The second kappa shape index (κ2) is 5.40. The average molecular weight is 277 g/mol. The number of carbonyl (C=O) groups is 1. The molecule has 0 aliphatic carbocycles. The van der Waals surface area contributed by atoms with E-state index in [-0.39, 0.29) is 11.8 Å². The van der Waals surface area contributed by atoms with Crippen molar-refractivity contribution >= 4 is 11.6 Å². The van der Waals surface area contributed by atoms with Crippen molar-refractivity contribution in [2.75, 3.05) is 12.4 Å². The van der Waals surface area contributed by atoms with E-state index in [2.05, 4.69) is 10.4 Å². The number of ether oxygens (including phenoxy) is 1. The van der Waals surface area contributed by atoms with Crippen LogP contribution in [-0.2, 0) is 7.05 Å². The molecule has 0 bridgehead atoms. The largest absolute Gasteiger partial charge is 0.480 e. The minimum absolute atomic E-state index is 0.214. The second-order valence-corrected chi connectivity index (χ2v) is 4.91. The smallest absolute Gasteiger partial charge is 0.291 e. The van der Waals surface area contributed by atoms with Gasteiger partial charge in [0.1, 0.15) is 5.69 Å². The Kier molecular flexibility index (Phi) is 3.83. The number of hydrogen-bond donors (Lipinski definition) is 1. The number of furan rings is 1. The first-order valence-corrected chi connectivity index (χ1v) is 6.42. The Hall–Kier alpha value is -2.24. The number of nitrogens with zero attached hydrogens (tertiary/aromatic N) is 2. The lowest BCUT2D eigenvalue weighted by atomic mass is 10.0. The Balaban J connectivity index is 2.31. The van der Waals surface area contributed by atoms with Gasteiger partial charge in [0.2, 0.25) is 5.88 Å². The van der Waals surface area contributed by atoms with Crippen LogP contribution in [0.25, 0.3) is 0 Å². The molecule has 1 N–H and O–H groups in total. The van der Waals surface area contributed by atoms with Crippen molar-refractivity contribution in [1.29, 1.82) is 0 Å². The molecular weight excluding hydrogens is 258 g/mol. The monoisotopic (exact) mass is 277 g/mol. The summed E-state index contributed by atoms with van der Waals surface area (Å²) in [5, 5.41) is 7.03. The zero-order valence-corrected chi connectivity index (χ0v) is 12.4. The van der Waals surface area contributed by atoms with Gasteiger partial charge in [0.15, 0.2) is 5.76 Å². The summed E-state index contributed by atoms with van der Waals surface area (Å²) in [5.74, 6) is 0.748. The van der Waals surface area contributed by atoms with Gasteiger partial charge in [0, 0.05) is 12.6 Å². The van der Waals surface area contributed by atoms with E-state index < -0.39 is 0 Å². The van der Waals surface area contributed by atoms with Crippen LogP contribution in [0.15, 0.2) is 16.7 Å². The summed E-state index contributed by atoms with van der Waals surface area (Å²) in [6.07, 6.45) is 1.53. The number of aryl methyl sites for hydroxylation is 2. The minimum Gasteiger partial charge on any atom is -0.480 e. The number of rotatable bonds is 4. The van der Waals surface area contributed by atoms with Crippen LogP contribution in [0.4, 0.5) is 5.69 Å². The van der Waals surface area contributed by atoms with Crippen molar-refractivity contribution in [3.8, 4) is 5.88 Å². The molecule has 0 saturated heterocycles. The lowest BCUT2D eigenvalue weighted by molar-refractivity contribution is 0.0994. The van der Waals surface area contributed by atoms with Crippen LogP contribution in [-0.4, -0.2) is 22.8 Å². The molecule has 2 aromatic rings. The molecule has 6 heteroatoms. The molecule has 0 unspecified atom stereocenters. The van der Waals surface area contributed by atoms with E-state index in [9.17, 15) is 4.79 Å². The number of aromatic nitrogens is 2. The van der Waals surface area contributed by atoms with Gasteiger partial charge in [0.05, 0.1) is 19.1 Å². The fourth-order valence-electron chi connectivity index (χ4n) is 2.14. The summed E-state index contributed by atoms with van der Waals surface area (Å²) in [6.45, 7) is 5.83. The van der Waals surface area contributed by atoms with Crippen LogP contribution in [0.2, 0.25) is 0 Å². The van der Waals surface area contributed by atoms with Crippen molar-refractivity contribution in [1.82, 2.24) is 9.78 Å². The third-order valence-electron chi connectivity index (χ3n) is 3.13. The predicted molar refractivity (Wildman–Crippen MR) is 75.2 cm³/mol. The van der Waals surface area contributed by atoms with Gasteiger partial charge < -0.3 is 14.5 Å². The topological polar surface area (TPSA) is 69.3 Å². The predicted octanol–water partition coefficient (Wildman–Crippen LogP) is 2.71. The van der Waals surface area contributed by atoms with Gasteiger partial charge in [-0.3, -0.25) is 4.79 Å². The van der Waals surface area contributed by atoms with Crippen molar-refractivity contribution < 1.29 is 13.9 Å². The van der Waals surface area contributed by atoms with Crippen LogP contribution in [0.1, 0.15) is 41.6 Å². The first kappa shape index (κ1) is 14.2. The molecular formula is C14H19N3O3. The summed E-state index contributed by atoms with van der Waals surface area (Å²) in [5.41, 5.74) is 2.13. The van der Waals surface area contributed by atoms with Crippen LogP contribution in [0.5, 0.6) is 5.88 Å². The van der Waals surface area contributed by atoms with Gasteiger partial charge in [-0.15, -0.1) is 0 Å². The molecule has 0 saturated carbocycles. The Morgan fingerprint density at radius 3 is 2.80 bits per heavy atom. The number of hydrogen-bond acceptors (Lipinski definition) is 4. The molecule has 0 spiro atoms. The van der Waals surface area contributed by atoms with E-state index in [0.29, 0.717) is 23.0 Å². The number of nitrogens with one attached hydrogen (secondary N) is 1. The number of amides is 1. The van der Waals surface area contributed by atoms with E-state index in [1.54, 1.807) is 18.8 Å². The molecule has 0 aromatic carbocycles. The lowest BCUT2D eigenvalue weighted by Gasteiger charge is -2.08. The molecule has 2 heterocycles. The molecule has 0 radical (unpaired) electrons. The van der Waals surface area contributed by atoms with E-state index in [4.69, 9.17) is 9.15 Å². The van der Waals surface area contributed by atoms with Gasteiger partial charge in [0.25, 0.3) is 5.91 Å². The standard InChI is InChI=1S/C14H19N3O3/c1-8(2)10-6-7-20-12(10)13(18)15-11-9(3)16-17(4)14(11)19-5/h6-8H,1-5H3,(H,15,18). The van der Waals surface area contributed by atoms with Crippen LogP contribution >= 0.6 is 0 Å². The molecule has 20 heavy (non-hydrogen) atoms. The summed E-state index contributed by atoms with van der Waals surface area (Å²) < 4.78 is 12.1. The van der Waals surface area contributed by atoms with Crippen molar-refractivity contribution in [3.63, 3.8) is 0 Å². The van der Waals surface area contributed by atoms with E-state index >= 15 is 0 Å². The Bertz CT molecular complexity index is 626. The minimum atomic E-state index is -0.298. The first-order valence-electron chi connectivity index (χ1n) is 6.42. The van der Waals surface area contributed by atoms with Crippen LogP contribution in [0, 0.1) is 6.92 Å². The first-order chi connectivity index (χ1) is 9.45. The summed E-state index contributed by atoms with van der Waals surface area (Å²) in [7, 11) is 3.30. The van der Waals surface area contributed by atoms with Gasteiger partial charge in [-0.25, -0.2) is 4.68 Å². The number of anilines is 1. The molecule has 0 fully saturated rings. The SMILES string of the molecule is COc1c(NC(=O)c2occc2C(C)C)c(C)nn1C. The molecule has 108 valence electrons. The molecule has 2 aromatic heterocycles. The average Bonchev–Trinajstić information content (AvgIpc) is 2.95. The highest BCUT2D eigenvalue weighted by Crippen LogP contribution is 2.28. The van der Waals surface area contributed by atoms with Gasteiger partial charge >= 0.3 is 0 Å². The van der Waals surface area contributed by atoms with Crippen LogP contribution < -0.4 is 10.1 Å². The Morgan fingerprint density at radius 2 is 2.20 bits per heavy atom. The molecule has 1 amide bonds. The Morgan fingerprint density at radius 1 is 1.50 bits per heavy atom. The third kappa shape index (κ3) is 2.41. The zero-order chi connectivity index (χ0) is 14.9. The van der Waals surface area contributed by atoms with Crippen LogP contribution in [0.3, 0.4) is 0 Å². The lowest BCUT2D eigenvalue weighted by Crippen LogP contribution is -2.14. The van der Waals surface area contributed by atoms with Gasteiger partial charge in [-0.2, -0.15) is 5.10 Å². The fourth-order valence-corrected chi connectivity index (χ4v) is 2.14. The van der Waals surface area contributed by atoms with Gasteiger partial charge in [-0.05, 0) is 18.9 Å². The van der Waals surface area contributed by atoms with E-state index in [1.807, 2.05) is 26.8 Å². The quantitative estimate of drug-likeness (QED) is 0.932. The molecule has 0 atom stereocenters. The maximum atomic E-state index is 12.3. The highest BCUT2D eigenvalue weighted by Gasteiger charge is 2.22. The highest BCUT2D eigenvalue weighted by molar-refractivity contribution is 6.04. The van der Waals surface area contributed by atoms with Crippen molar-refractivity contribution in [3.05, 3.63) is 29.3 Å². The number of methoxy groups -OCH3 is 1. The fraction of sp³-hybridized carbons (Fsp3) is 0.429. The summed E-state index contributed by atoms with van der Waals surface area (Å²) in [6, 6.07) is 1.81. The third-order valence-corrected chi connectivity index (χ3v) is 3.13. The maximum absolute atomic E-state index is 12.3. The summed E-state index contributed by atoms with van der Waals surface area (Å²) >= 11 is 0. The molecule has 0 aliphatic heterocycles. The van der Waals surface area contributed by atoms with Crippen molar-refractivity contribution in [2.24, 2.45) is 7.05 Å². The van der Waals surface area contributed by atoms with Crippen molar-refractivity contribution in [2.45, 2.75) is 26.7 Å². The highest BCUT2D eigenvalue weighted by atomic mass is 16.5. The zero-order valence-electron chi connectivity index (χ0n) is 12.4. The van der Waals surface area contributed by atoms with Gasteiger partial charge in [-0.1, -0.05) is 13.8 Å². The molecule has 2 rings (SSSR count). The Labute approximate surface area is 117 Å². The van der Waals surface area contributed by atoms with E-state index in [0.717, 1.165) is 5.56 Å².